The molecule has 1 atom stereocenters. The lowest BCUT2D eigenvalue weighted by atomic mass is 9.98. The molecule has 0 bridgehead atoms. The molecule has 0 saturated carbocycles. The number of hydrogen-bond donors (Lipinski definition) is 1. The summed E-state index contributed by atoms with van der Waals surface area (Å²) in [7, 11) is 0. The zero-order valence-electron chi connectivity index (χ0n) is 12.3. The smallest absolute Gasteiger partial charge is 0.253 e. The summed E-state index contributed by atoms with van der Waals surface area (Å²) in [5, 5.41) is 3.73. The summed E-state index contributed by atoms with van der Waals surface area (Å²) >= 11 is 5.97. The molecule has 114 valence electrons. The van der Waals surface area contributed by atoms with Gasteiger partial charge in [-0.2, -0.15) is 0 Å². The molecule has 1 N–H and O–H groups in total. The Hall–Kier alpha value is -2.65. The molecule has 4 heteroatoms. The second-order valence-corrected chi connectivity index (χ2v) is 5.55. The van der Waals surface area contributed by atoms with E-state index in [-0.39, 0.29) is 11.9 Å². The van der Waals surface area contributed by atoms with Gasteiger partial charge in [-0.25, -0.2) is 0 Å². The third-order valence-electron chi connectivity index (χ3n) is 3.54. The van der Waals surface area contributed by atoms with E-state index in [9.17, 15) is 4.79 Å². The van der Waals surface area contributed by atoms with Gasteiger partial charge in [-0.05, 0) is 35.4 Å². The Kier molecular flexibility index (Phi) is 4.69. The summed E-state index contributed by atoms with van der Waals surface area (Å²) in [6, 6.07) is 20.6. The topological polar surface area (TPSA) is 42.0 Å². The minimum absolute atomic E-state index is 0.165. The lowest BCUT2D eigenvalue weighted by Crippen LogP contribution is -2.29. The van der Waals surface area contributed by atoms with E-state index in [0.717, 1.165) is 11.1 Å². The van der Waals surface area contributed by atoms with Crippen LogP contribution in [0.2, 0.25) is 5.02 Å². The van der Waals surface area contributed by atoms with Gasteiger partial charge in [0.2, 0.25) is 0 Å². The van der Waals surface area contributed by atoms with Crippen molar-refractivity contribution in [3.05, 3.63) is 101 Å². The number of halogens is 1. The van der Waals surface area contributed by atoms with Crippen molar-refractivity contribution >= 4 is 17.5 Å². The van der Waals surface area contributed by atoms with Crippen LogP contribution in [0.15, 0.2) is 79.1 Å². The minimum Gasteiger partial charge on any atom is -0.341 e. The fourth-order valence-electron chi connectivity index (χ4n) is 2.37. The quantitative estimate of drug-likeness (QED) is 0.780. The zero-order valence-corrected chi connectivity index (χ0v) is 13.1. The Labute approximate surface area is 140 Å². The highest BCUT2D eigenvalue weighted by Gasteiger charge is 2.17. The second kappa shape index (κ2) is 7.07. The third-order valence-corrected chi connectivity index (χ3v) is 3.79. The molecule has 3 rings (SSSR count). The highest BCUT2D eigenvalue weighted by Crippen LogP contribution is 2.24. The fourth-order valence-corrected chi connectivity index (χ4v) is 2.50. The molecule has 1 amide bonds. The number of carbonyl (C=O) groups excluding carboxylic acids is 1. The minimum atomic E-state index is -0.249. The normalized spacial score (nSPS) is 11.7. The van der Waals surface area contributed by atoms with Crippen LogP contribution >= 0.6 is 11.6 Å². The number of benzene rings is 2. The summed E-state index contributed by atoms with van der Waals surface area (Å²) in [6.07, 6.45) is 3.20. The van der Waals surface area contributed by atoms with Crippen molar-refractivity contribution < 1.29 is 4.79 Å². The average molecular weight is 323 g/mol. The maximum Gasteiger partial charge on any atom is 0.253 e. The Balaban J connectivity index is 1.93. The van der Waals surface area contributed by atoms with Gasteiger partial charge < -0.3 is 5.32 Å². The highest BCUT2D eigenvalue weighted by molar-refractivity contribution is 6.30. The van der Waals surface area contributed by atoms with Crippen molar-refractivity contribution in [3.63, 3.8) is 0 Å². The number of rotatable bonds is 4. The lowest BCUT2D eigenvalue weighted by molar-refractivity contribution is 0.0942. The SMILES string of the molecule is O=C(NC(c1ccccc1)c1ccc(Cl)cc1)c1cccnc1. The molecule has 1 aromatic heterocycles. The standard InChI is InChI=1S/C19H15ClN2O/c20-17-10-8-15(9-11-17)18(14-5-2-1-3-6-14)22-19(23)16-7-4-12-21-13-16/h1-13,18H,(H,22,23). The predicted octanol–water partition coefficient (Wildman–Crippen LogP) is 4.25. The predicted molar refractivity (Wildman–Crippen MR) is 91.4 cm³/mol. The first-order valence-electron chi connectivity index (χ1n) is 7.25. The summed E-state index contributed by atoms with van der Waals surface area (Å²) in [6.45, 7) is 0. The first-order chi connectivity index (χ1) is 11.2. The molecule has 0 fully saturated rings. The van der Waals surface area contributed by atoms with Crippen molar-refractivity contribution in [1.82, 2.24) is 10.3 Å². The molecule has 23 heavy (non-hydrogen) atoms. The van der Waals surface area contributed by atoms with Crippen LogP contribution in [-0.2, 0) is 0 Å². The van der Waals surface area contributed by atoms with Crippen molar-refractivity contribution in [1.29, 1.82) is 0 Å². The van der Waals surface area contributed by atoms with Crippen molar-refractivity contribution in [3.8, 4) is 0 Å². The number of carbonyl (C=O) groups is 1. The van der Waals surface area contributed by atoms with Crippen molar-refractivity contribution in [2.45, 2.75) is 6.04 Å². The monoisotopic (exact) mass is 322 g/mol. The molecule has 3 aromatic rings. The van der Waals surface area contributed by atoms with Crippen molar-refractivity contribution in [2.75, 3.05) is 0 Å². The van der Waals surface area contributed by atoms with Gasteiger partial charge in [-0.15, -0.1) is 0 Å². The van der Waals surface area contributed by atoms with Gasteiger partial charge in [0.25, 0.3) is 5.91 Å². The highest BCUT2D eigenvalue weighted by atomic mass is 35.5. The molecule has 0 aliphatic heterocycles. The van der Waals surface area contributed by atoms with Crippen LogP contribution in [0.4, 0.5) is 0 Å². The van der Waals surface area contributed by atoms with Gasteiger partial charge in [0.15, 0.2) is 0 Å². The maximum absolute atomic E-state index is 12.5. The van der Waals surface area contributed by atoms with Crippen LogP contribution in [0.1, 0.15) is 27.5 Å². The van der Waals surface area contributed by atoms with E-state index in [2.05, 4.69) is 10.3 Å². The van der Waals surface area contributed by atoms with Crippen LogP contribution in [0.3, 0.4) is 0 Å². The van der Waals surface area contributed by atoms with Gasteiger partial charge in [0.1, 0.15) is 0 Å². The molecule has 0 radical (unpaired) electrons. The van der Waals surface area contributed by atoms with Gasteiger partial charge in [0.05, 0.1) is 11.6 Å². The van der Waals surface area contributed by atoms with Crippen LogP contribution in [0.25, 0.3) is 0 Å². The lowest BCUT2D eigenvalue weighted by Gasteiger charge is -2.20. The largest absolute Gasteiger partial charge is 0.341 e. The Morgan fingerprint density at radius 2 is 1.61 bits per heavy atom. The van der Waals surface area contributed by atoms with Crippen LogP contribution in [0, 0.1) is 0 Å². The summed E-state index contributed by atoms with van der Waals surface area (Å²) in [4.78, 5) is 16.5. The summed E-state index contributed by atoms with van der Waals surface area (Å²) in [5.74, 6) is -0.165. The van der Waals surface area contributed by atoms with E-state index in [1.807, 2.05) is 54.6 Å². The number of hydrogen-bond acceptors (Lipinski definition) is 2. The summed E-state index contributed by atoms with van der Waals surface area (Å²) < 4.78 is 0. The number of aromatic nitrogens is 1. The Bertz CT molecular complexity index is 773. The van der Waals surface area contributed by atoms with Crippen LogP contribution in [0.5, 0.6) is 0 Å². The van der Waals surface area contributed by atoms with Gasteiger partial charge in [0, 0.05) is 17.4 Å². The summed E-state index contributed by atoms with van der Waals surface area (Å²) in [5.41, 5.74) is 2.51. The number of nitrogens with one attached hydrogen (secondary N) is 1. The first kappa shape index (κ1) is 15.3. The van der Waals surface area contributed by atoms with E-state index in [4.69, 9.17) is 11.6 Å². The number of pyridine rings is 1. The van der Waals surface area contributed by atoms with E-state index in [1.165, 1.54) is 0 Å². The molecular weight excluding hydrogens is 308 g/mol. The van der Waals surface area contributed by atoms with Gasteiger partial charge in [-0.1, -0.05) is 54.1 Å². The average Bonchev–Trinajstić information content (AvgIpc) is 2.62. The fraction of sp³-hybridized carbons (Fsp3) is 0.0526. The Morgan fingerprint density at radius 1 is 0.913 bits per heavy atom. The second-order valence-electron chi connectivity index (χ2n) is 5.11. The molecule has 0 spiro atoms. The van der Waals surface area contributed by atoms with Crippen LogP contribution < -0.4 is 5.32 Å². The maximum atomic E-state index is 12.5. The zero-order chi connectivity index (χ0) is 16.1. The van der Waals surface area contributed by atoms with Gasteiger partial charge >= 0.3 is 0 Å². The molecule has 2 aromatic carbocycles. The molecule has 1 heterocycles. The third kappa shape index (κ3) is 3.76. The van der Waals surface area contributed by atoms with Crippen LogP contribution in [-0.4, -0.2) is 10.9 Å². The molecule has 0 aliphatic rings. The molecule has 1 unspecified atom stereocenters. The number of amides is 1. The molecular formula is C19H15ClN2O. The molecule has 0 saturated heterocycles. The first-order valence-corrected chi connectivity index (χ1v) is 7.63. The molecule has 0 aliphatic carbocycles. The van der Waals surface area contributed by atoms with E-state index in [0.29, 0.717) is 10.6 Å². The Morgan fingerprint density at radius 3 is 2.26 bits per heavy atom. The van der Waals surface area contributed by atoms with E-state index < -0.39 is 0 Å². The molecule has 3 nitrogen and oxygen atoms in total. The van der Waals surface area contributed by atoms with Gasteiger partial charge in [-0.3, -0.25) is 9.78 Å². The number of nitrogens with zero attached hydrogens (tertiary/aromatic N) is 1. The van der Waals surface area contributed by atoms with E-state index >= 15 is 0 Å². The van der Waals surface area contributed by atoms with Crippen molar-refractivity contribution in [2.24, 2.45) is 0 Å². The van der Waals surface area contributed by atoms with E-state index in [1.54, 1.807) is 24.5 Å².